The van der Waals surface area contributed by atoms with Crippen molar-refractivity contribution in [1.29, 1.82) is 0 Å². The summed E-state index contributed by atoms with van der Waals surface area (Å²) in [5.41, 5.74) is 9.37. The lowest BCUT2D eigenvalue weighted by Crippen LogP contribution is -2.50. The molecule has 0 aliphatic carbocycles. The summed E-state index contributed by atoms with van der Waals surface area (Å²) >= 11 is 1.24. The highest BCUT2D eigenvalue weighted by Crippen LogP contribution is 2.36. The van der Waals surface area contributed by atoms with Crippen LogP contribution in [0.2, 0.25) is 0 Å². The SMILES string of the molecule is Cc1ccc(NC(=O)N2CCN(c3nc(N)nc4snc(-c5ccc(F)cc5)c34)CC2)cc1. The zero-order valence-corrected chi connectivity index (χ0v) is 18.8. The van der Waals surface area contributed by atoms with Crippen LogP contribution in [-0.4, -0.2) is 51.5 Å². The fourth-order valence-corrected chi connectivity index (χ4v) is 4.64. The number of halogens is 1. The number of fused-ring (bicyclic) bond motifs is 1. The highest BCUT2D eigenvalue weighted by molar-refractivity contribution is 7.13. The minimum atomic E-state index is -0.306. The summed E-state index contributed by atoms with van der Waals surface area (Å²) in [6, 6.07) is 13.8. The molecule has 8 nitrogen and oxygen atoms in total. The molecule has 3 heterocycles. The largest absolute Gasteiger partial charge is 0.368 e. The number of rotatable bonds is 3. The van der Waals surface area contributed by atoms with Crippen molar-refractivity contribution >= 4 is 45.2 Å². The molecule has 4 aromatic rings. The second-order valence-corrected chi connectivity index (χ2v) is 8.65. The summed E-state index contributed by atoms with van der Waals surface area (Å²) in [5, 5.41) is 3.74. The van der Waals surface area contributed by atoms with E-state index in [-0.39, 0.29) is 17.8 Å². The summed E-state index contributed by atoms with van der Waals surface area (Å²) in [7, 11) is 0. The Balaban J connectivity index is 1.37. The number of hydrogen-bond donors (Lipinski definition) is 2. The minimum absolute atomic E-state index is 0.130. The van der Waals surface area contributed by atoms with Crippen LogP contribution in [0.5, 0.6) is 0 Å². The molecule has 5 rings (SSSR count). The van der Waals surface area contributed by atoms with Gasteiger partial charge in [0, 0.05) is 37.4 Å². The molecule has 1 saturated heterocycles. The smallest absolute Gasteiger partial charge is 0.321 e. The Morgan fingerprint density at radius 2 is 1.73 bits per heavy atom. The number of carbonyl (C=O) groups excluding carboxylic acids is 1. The van der Waals surface area contributed by atoms with Crippen LogP contribution in [0, 0.1) is 12.7 Å². The average Bonchev–Trinajstić information content (AvgIpc) is 3.24. The predicted octanol–water partition coefficient (Wildman–Crippen LogP) is 4.14. The monoisotopic (exact) mass is 463 g/mol. The first-order valence-corrected chi connectivity index (χ1v) is 11.3. The van der Waals surface area contributed by atoms with Crippen molar-refractivity contribution in [2.45, 2.75) is 6.92 Å². The van der Waals surface area contributed by atoms with Crippen LogP contribution in [0.15, 0.2) is 48.5 Å². The van der Waals surface area contributed by atoms with Crippen molar-refractivity contribution in [2.75, 3.05) is 42.1 Å². The molecule has 2 aromatic heterocycles. The molecular formula is C23H22FN7OS. The number of urea groups is 1. The first-order valence-electron chi connectivity index (χ1n) is 10.5. The molecule has 0 radical (unpaired) electrons. The van der Waals surface area contributed by atoms with Gasteiger partial charge in [-0.2, -0.15) is 9.36 Å². The molecule has 168 valence electrons. The van der Waals surface area contributed by atoms with Gasteiger partial charge in [-0.1, -0.05) is 17.7 Å². The van der Waals surface area contributed by atoms with E-state index in [1.54, 1.807) is 17.0 Å². The Bertz CT molecular complexity index is 1300. The van der Waals surface area contributed by atoms with Crippen LogP contribution in [0.25, 0.3) is 21.5 Å². The van der Waals surface area contributed by atoms with Crippen molar-refractivity contribution in [1.82, 2.24) is 19.2 Å². The summed E-state index contributed by atoms with van der Waals surface area (Å²) in [4.78, 5) is 26.1. The van der Waals surface area contributed by atoms with Crippen LogP contribution in [0.1, 0.15) is 5.56 Å². The normalized spacial score (nSPS) is 14.0. The van der Waals surface area contributed by atoms with E-state index in [9.17, 15) is 9.18 Å². The van der Waals surface area contributed by atoms with Gasteiger partial charge in [0.15, 0.2) is 4.83 Å². The minimum Gasteiger partial charge on any atom is -0.368 e. The van der Waals surface area contributed by atoms with E-state index in [0.717, 1.165) is 22.2 Å². The molecule has 1 aliphatic heterocycles. The van der Waals surface area contributed by atoms with Crippen molar-refractivity contribution in [2.24, 2.45) is 0 Å². The summed E-state index contributed by atoms with van der Waals surface area (Å²) in [5.74, 6) is 0.551. The average molecular weight is 464 g/mol. The molecule has 0 unspecified atom stereocenters. The van der Waals surface area contributed by atoms with Crippen molar-refractivity contribution in [3.8, 4) is 11.3 Å². The van der Waals surface area contributed by atoms with E-state index in [4.69, 9.17) is 5.73 Å². The molecule has 0 spiro atoms. The molecular weight excluding hydrogens is 441 g/mol. The lowest BCUT2D eigenvalue weighted by atomic mass is 10.1. The lowest BCUT2D eigenvalue weighted by molar-refractivity contribution is 0.208. The summed E-state index contributed by atoms with van der Waals surface area (Å²) < 4.78 is 18.0. The predicted molar refractivity (Wildman–Crippen MR) is 129 cm³/mol. The number of hydrogen-bond acceptors (Lipinski definition) is 7. The number of nitrogens with zero attached hydrogens (tertiary/aromatic N) is 5. The zero-order valence-electron chi connectivity index (χ0n) is 18.0. The van der Waals surface area contributed by atoms with E-state index in [1.165, 1.54) is 23.7 Å². The lowest BCUT2D eigenvalue weighted by Gasteiger charge is -2.35. The number of nitrogens with one attached hydrogen (secondary N) is 1. The molecule has 33 heavy (non-hydrogen) atoms. The third-order valence-electron chi connectivity index (χ3n) is 5.62. The van der Waals surface area contributed by atoms with Gasteiger partial charge in [-0.15, -0.1) is 0 Å². The number of nitrogen functional groups attached to an aromatic ring is 1. The topological polar surface area (TPSA) is 100 Å². The summed E-state index contributed by atoms with van der Waals surface area (Å²) in [6.07, 6.45) is 0. The number of carbonyl (C=O) groups is 1. The molecule has 1 aliphatic rings. The zero-order chi connectivity index (χ0) is 22.9. The maximum absolute atomic E-state index is 13.4. The van der Waals surface area contributed by atoms with Crippen LogP contribution < -0.4 is 16.0 Å². The molecule has 2 amide bonds. The third kappa shape index (κ3) is 4.29. The standard InChI is InChI=1S/C23H22FN7OS/c1-14-2-8-17(9-3-14)26-23(32)31-12-10-30(11-13-31)20-18-19(15-4-6-16(24)7-5-15)29-33-21(18)28-22(25)27-20/h2-9H,10-13H2,1H3,(H,26,32)(H2,25,27,28). The Morgan fingerprint density at radius 1 is 1.03 bits per heavy atom. The maximum Gasteiger partial charge on any atom is 0.321 e. The second kappa shape index (κ2) is 8.62. The fourth-order valence-electron chi connectivity index (χ4n) is 3.85. The van der Waals surface area contributed by atoms with E-state index in [1.807, 2.05) is 31.2 Å². The molecule has 0 bridgehead atoms. The summed E-state index contributed by atoms with van der Waals surface area (Å²) in [6.45, 7) is 4.25. The molecule has 10 heteroatoms. The number of benzene rings is 2. The van der Waals surface area contributed by atoms with Crippen molar-refractivity contribution in [3.05, 3.63) is 59.9 Å². The molecule has 2 aromatic carbocycles. The first kappa shape index (κ1) is 21.1. The number of anilines is 3. The second-order valence-electron chi connectivity index (χ2n) is 7.89. The van der Waals surface area contributed by atoms with Crippen LogP contribution >= 0.6 is 11.5 Å². The van der Waals surface area contributed by atoms with Gasteiger partial charge in [0.05, 0.1) is 11.1 Å². The van der Waals surface area contributed by atoms with E-state index >= 15 is 0 Å². The number of nitrogens with two attached hydrogens (primary N) is 1. The van der Waals surface area contributed by atoms with Crippen LogP contribution in [0.3, 0.4) is 0 Å². The first-order chi connectivity index (χ1) is 16.0. The molecule has 1 fully saturated rings. The van der Waals surface area contributed by atoms with Crippen LogP contribution in [0.4, 0.5) is 26.6 Å². The van der Waals surface area contributed by atoms with E-state index in [2.05, 4.69) is 24.6 Å². The molecule has 0 atom stereocenters. The molecule has 3 N–H and O–H groups in total. The quantitative estimate of drug-likeness (QED) is 0.474. The number of piperazine rings is 1. The van der Waals surface area contributed by atoms with Crippen LogP contribution in [-0.2, 0) is 0 Å². The maximum atomic E-state index is 13.4. The Morgan fingerprint density at radius 3 is 2.42 bits per heavy atom. The van der Waals surface area contributed by atoms with E-state index < -0.39 is 0 Å². The van der Waals surface area contributed by atoms with Gasteiger partial charge < -0.3 is 20.9 Å². The molecule has 0 saturated carbocycles. The Hall–Kier alpha value is -3.79. The van der Waals surface area contributed by atoms with Gasteiger partial charge in [0.1, 0.15) is 11.6 Å². The third-order valence-corrected chi connectivity index (χ3v) is 6.36. The number of amides is 2. The highest BCUT2D eigenvalue weighted by Gasteiger charge is 2.26. The van der Waals surface area contributed by atoms with Gasteiger partial charge in [-0.05, 0) is 54.9 Å². The Labute approximate surface area is 194 Å². The highest BCUT2D eigenvalue weighted by atomic mass is 32.1. The fraction of sp³-hybridized carbons (Fsp3) is 0.217. The van der Waals surface area contributed by atoms with Gasteiger partial charge in [0.2, 0.25) is 5.95 Å². The van der Waals surface area contributed by atoms with Gasteiger partial charge in [-0.3, -0.25) is 0 Å². The number of aryl methyl sites for hydroxylation is 1. The van der Waals surface area contributed by atoms with Crippen molar-refractivity contribution in [3.63, 3.8) is 0 Å². The van der Waals surface area contributed by atoms with Gasteiger partial charge in [-0.25, -0.2) is 14.2 Å². The van der Waals surface area contributed by atoms with Gasteiger partial charge >= 0.3 is 6.03 Å². The Kier molecular flexibility index (Phi) is 5.51. The number of aromatic nitrogens is 3. The van der Waals surface area contributed by atoms with E-state index in [0.29, 0.717) is 42.5 Å². The van der Waals surface area contributed by atoms with Gasteiger partial charge in [0.25, 0.3) is 0 Å². The van der Waals surface area contributed by atoms with Crippen molar-refractivity contribution < 1.29 is 9.18 Å².